The van der Waals surface area contributed by atoms with Gasteiger partial charge < -0.3 is 20.1 Å². The van der Waals surface area contributed by atoms with Crippen molar-refractivity contribution in [3.05, 3.63) is 87.6 Å². The largest absolute Gasteiger partial charge is 0.497 e. The van der Waals surface area contributed by atoms with Crippen LogP contribution >= 0.6 is 0 Å². The van der Waals surface area contributed by atoms with Gasteiger partial charge in [-0.05, 0) is 29.8 Å². The van der Waals surface area contributed by atoms with Gasteiger partial charge in [0, 0.05) is 12.5 Å². The van der Waals surface area contributed by atoms with Crippen LogP contribution in [-0.2, 0) is 6.42 Å². The maximum atomic E-state index is 12.5. The molecule has 1 heterocycles. The fourth-order valence-corrected chi connectivity index (χ4v) is 2.61. The molecule has 8 nitrogen and oxygen atoms in total. The highest BCUT2D eigenvalue weighted by atomic mass is 16.5. The van der Waals surface area contributed by atoms with E-state index < -0.39 is 17.4 Å². The lowest BCUT2D eigenvalue weighted by Crippen LogP contribution is -2.21. The summed E-state index contributed by atoms with van der Waals surface area (Å²) in [5.41, 5.74) is 0.360. The van der Waals surface area contributed by atoms with Gasteiger partial charge in [0.25, 0.3) is 11.5 Å². The van der Waals surface area contributed by atoms with Crippen LogP contribution in [0.5, 0.6) is 5.75 Å². The summed E-state index contributed by atoms with van der Waals surface area (Å²) < 4.78 is 5.10. The Morgan fingerprint density at radius 2 is 1.86 bits per heavy atom. The highest BCUT2D eigenvalue weighted by Crippen LogP contribution is 2.16. The van der Waals surface area contributed by atoms with Crippen molar-refractivity contribution in [3.63, 3.8) is 0 Å². The first-order valence-corrected chi connectivity index (χ1v) is 8.33. The zero-order valence-corrected chi connectivity index (χ0v) is 14.9. The highest BCUT2D eigenvalue weighted by molar-refractivity contribution is 6.06. The molecular formula is C20H17N3O5. The monoisotopic (exact) mass is 379 g/mol. The summed E-state index contributed by atoms with van der Waals surface area (Å²) in [5.74, 6) is -0.824. The summed E-state index contributed by atoms with van der Waals surface area (Å²) in [6.45, 7) is 0. The number of H-pyrrole nitrogens is 1. The van der Waals surface area contributed by atoms with Crippen LogP contribution in [0.2, 0.25) is 0 Å². The number of benzene rings is 2. The maximum Gasteiger partial charge on any atom is 0.337 e. The Balaban J connectivity index is 1.83. The topological polar surface area (TPSA) is 121 Å². The van der Waals surface area contributed by atoms with Crippen molar-refractivity contribution in [2.75, 3.05) is 12.4 Å². The molecule has 3 rings (SSSR count). The second kappa shape index (κ2) is 8.17. The first-order valence-electron chi connectivity index (χ1n) is 8.33. The molecule has 0 aliphatic heterocycles. The lowest BCUT2D eigenvalue weighted by molar-refractivity contribution is 0.0698. The van der Waals surface area contributed by atoms with Gasteiger partial charge in [0.2, 0.25) is 0 Å². The van der Waals surface area contributed by atoms with Gasteiger partial charge in [-0.3, -0.25) is 9.59 Å². The van der Waals surface area contributed by atoms with Crippen LogP contribution < -0.4 is 15.6 Å². The van der Waals surface area contributed by atoms with Crippen LogP contribution in [0, 0.1) is 0 Å². The Hall–Kier alpha value is -3.94. The number of nitrogens with one attached hydrogen (secondary N) is 2. The Bertz CT molecular complexity index is 1070. The van der Waals surface area contributed by atoms with Gasteiger partial charge in [-0.2, -0.15) is 0 Å². The van der Waals surface area contributed by atoms with E-state index in [1.54, 1.807) is 31.4 Å². The van der Waals surface area contributed by atoms with Gasteiger partial charge in [-0.1, -0.05) is 24.3 Å². The number of nitrogens with zero attached hydrogens (tertiary/aromatic N) is 1. The molecule has 0 aliphatic carbocycles. The molecule has 1 amide bonds. The third-order valence-electron chi connectivity index (χ3n) is 3.96. The molecule has 0 fully saturated rings. The predicted octanol–water partition coefficient (Wildman–Crippen LogP) is 2.32. The number of rotatable bonds is 6. The van der Waals surface area contributed by atoms with Gasteiger partial charge in [0.15, 0.2) is 0 Å². The molecular weight excluding hydrogens is 362 g/mol. The van der Waals surface area contributed by atoms with Crippen LogP contribution in [0.25, 0.3) is 0 Å². The minimum Gasteiger partial charge on any atom is -0.497 e. The number of amides is 1. The smallest absolute Gasteiger partial charge is 0.337 e. The Labute approximate surface area is 159 Å². The SMILES string of the molecule is COc1ccc(Cc2nc(C(=O)Nc3ccccc3C(=O)O)cc(=O)[nH]2)cc1. The Kier molecular flexibility index (Phi) is 5.50. The molecule has 3 aromatic rings. The van der Waals surface area contributed by atoms with Crippen molar-refractivity contribution < 1.29 is 19.4 Å². The number of carboxylic acids is 1. The summed E-state index contributed by atoms with van der Waals surface area (Å²) in [6.07, 6.45) is 0.312. The average molecular weight is 379 g/mol. The molecule has 0 saturated heterocycles. The number of hydrogen-bond acceptors (Lipinski definition) is 5. The molecule has 0 radical (unpaired) electrons. The van der Waals surface area contributed by atoms with Crippen LogP contribution in [0.15, 0.2) is 59.4 Å². The summed E-state index contributed by atoms with van der Waals surface area (Å²) in [4.78, 5) is 42.5. The van der Waals surface area contributed by atoms with Crippen molar-refractivity contribution in [1.82, 2.24) is 9.97 Å². The van der Waals surface area contributed by atoms with Gasteiger partial charge in [0.1, 0.15) is 17.3 Å². The number of aromatic carboxylic acids is 1. The molecule has 0 saturated carbocycles. The summed E-state index contributed by atoms with van der Waals surface area (Å²) in [6, 6.07) is 14.3. The zero-order valence-electron chi connectivity index (χ0n) is 14.9. The number of carboxylic acid groups (broad SMARTS) is 1. The lowest BCUT2D eigenvalue weighted by Gasteiger charge is -2.09. The van der Waals surface area contributed by atoms with Crippen molar-refractivity contribution in [2.24, 2.45) is 0 Å². The Morgan fingerprint density at radius 1 is 1.14 bits per heavy atom. The molecule has 3 N–H and O–H groups in total. The summed E-state index contributed by atoms with van der Waals surface area (Å²) >= 11 is 0. The molecule has 1 aromatic heterocycles. The summed E-state index contributed by atoms with van der Waals surface area (Å²) in [5, 5.41) is 11.7. The predicted molar refractivity (Wildman–Crippen MR) is 102 cm³/mol. The van der Waals surface area contributed by atoms with Crippen LogP contribution in [0.4, 0.5) is 5.69 Å². The molecule has 0 unspecified atom stereocenters. The van der Waals surface area contributed by atoms with Gasteiger partial charge >= 0.3 is 5.97 Å². The van der Waals surface area contributed by atoms with Gasteiger partial charge in [-0.25, -0.2) is 9.78 Å². The quantitative estimate of drug-likeness (QED) is 0.604. The normalized spacial score (nSPS) is 10.3. The fourth-order valence-electron chi connectivity index (χ4n) is 2.61. The number of carbonyl (C=O) groups is 2. The summed E-state index contributed by atoms with van der Waals surface area (Å²) in [7, 11) is 1.57. The molecule has 8 heteroatoms. The first-order chi connectivity index (χ1) is 13.5. The van der Waals surface area contributed by atoms with E-state index >= 15 is 0 Å². The van der Waals surface area contributed by atoms with Crippen LogP contribution in [0.1, 0.15) is 32.2 Å². The molecule has 28 heavy (non-hydrogen) atoms. The molecule has 142 valence electrons. The minimum atomic E-state index is -1.17. The van der Waals surface area contributed by atoms with Crippen molar-refractivity contribution in [1.29, 1.82) is 0 Å². The van der Waals surface area contributed by atoms with Crippen molar-refractivity contribution in [3.8, 4) is 5.75 Å². The van der Waals surface area contributed by atoms with Gasteiger partial charge in [0.05, 0.1) is 18.4 Å². The molecule has 0 bridgehead atoms. The number of methoxy groups -OCH3 is 1. The van der Waals surface area contributed by atoms with Crippen molar-refractivity contribution >= 4 is 17.6 Å². The molecule has 0 aliphatic rings. The van der Waals surface area contributed by atoms with E-state index in [0.717, 1.165) is 11.6 Å². The first kappa shape index (κ1) is 18.8. The number of para-hydroxylation sites is 1. The number of aromatic amines is 1. The van der Waals surface area contributed by atoms with Crippen LogP contribution in [0.3, 0.4) is 0 Å². The van der Waals surface area contributed by atoms with E-state index in [2.05, 4.69) is 15.3 Å². The minimum absolute atomic E-state index is 0.0563. The third kappa shape index (κ3) is 4.42. The standard InChI is InChI=1S/C20H17N3O5/c1-28-13-8-6-12(7-9-13)10-17-21-16(11-18(24)23-17)19(25)22-15-5-3-2-4-14(15)20(26)27/h2-9,11H,10H2,1H3,(H,22,25)(H,26,27)(H,21,23,24). The van der Waals surface area contributed by atoms with Crippen molar-refractivity contribution in [2.45, 2.75) is 6.42 Å². The van der Waals surface area contributed by atoms with Gasteiger partial charge in [-0.15, -0.1) is 0 Å². The maximum absolute atomic E-state index is 12.5. The van der Waals surface area contributed by atoms with E-state index in [4.69, 9.17) is 4.74 Å². The molecule has 0 spiro atoms. The number of carbonyl (C=O) groups excluding carboxylic acids is 1. The van der Waals surface area contributed by atoms with E-state index in [1.807, 2.05) is 12.1 Å². The lowest BCUT2D eigenvalue weighted by atomic mass is 10.1. The second-order valence-corrected chi connectivity index (χ2v) is 5.91. The fraction of sp³-hybridized carbons (Fsp3) is 0.100. The third-order valence-corrected chi connectivity index (χ3v) is 3.96. The number of anilines is 1. The highest BCUT2D eigenvalue weighted by Gasteiger charge is 2.15. The van der Waals surface area contributed by atoms with E-state index in [9.17, 15) is 19.5 Å². The van der Waals surface area contributed by atoms with Crippen LogP contribution in [-0.4, -0.2) is 34.1 Å². The molecule has 2 aromatic carbocycles. The number of ether oxygens (including phenoxy) is 1. The number of aromatic nitrogens is 2. The van der Waals surface area contributed by atoms with E-state index in [-0.39, 0.29) is 16.9 Å². The average Bonchev–Trinajstić information content (AvgIpc) is 2.68. The second-order valence-electron chi connectivity index (χ2n) is 5.91. The number of hydrogen-bond donors (Lipinski definition) is 3. The van der Waals surface area contributed by atoms with E-state index in [1.165, 1.54) is 12.1 Å². The molecule has 0 atom stereocenters. The Morgan fingerprint density at radius 3 is 2.54 bits per heavy atom. The van der Waals surface area contributed by atoms with E-state index in [0.29, 0.717) is 18.0 Å². The zero-order chi connectivity index (χ0) is 20.1.